The van der Waals surface area contributed by atoms with E-state index >= 15 is 0 Å². The highest BCUT2D eigenvalue weighted by Crippen LogP contribution is 2.52. The number of methoxy groups -OCH3 is 1. The second kappa shape index (κ2) is 6.41. The first-order valence-electron chi connectivity index (χ1n) is 9.80. The van der Waals surface area contributed by atoms with E-state index in [2.05, 4.69) is 23.0 Å². The SMILES string of the molecule is COc1cccc2c1OC1(CCN(C)CC1)N1N=C(c3ccc(O)cc3)C[C@@H]21. The number of hydrogen-bond acceptors (Lipinski definition) is 6. The standard InChI is InChI=1S/C22H25N3O3/c1-24-12-10-22(11-13-24)25-19(17-4-3-5-20(27-2)21(17)28-22)14-18(23-25)15-6-8-16(26)9-7-15/h3-9,19,26H,10-14H2,1-2H3/t19-/m0/s1. The van der Waals surface area contributed by atoms with Crippen molar-refractivity contribution in [1.29, 1.82) is 0 Å². The number of likely N-dealkylation sites (tertiary alicyclic amines) is 1. The van der Waals surface area contributed by atoms with E-state index in [4.69, 9.17) is 14.6 Å². The second-order valence-corrected chi connectivity index (χ2v) is 7.89. The molecule has 0 aromatic heterocycles. The van der Waals surface area contributed by atoms with Gasteiger partial charge in [-0.1, -0.05) is 12.1 Å². The summed E-state index contributed by atoms with van der Waals surface area (Å²) in [4.78, 5) is 2.34. The fourth-order valence-electron chi connectivity index (χ4n) is 4.56. The lowest BCUT2D eigenvalue weighted by Gasteiger charge is -2.50. The molecule has 3 aliphatic rings. The summed E-state index contributed by atoms with van der Waals surface area (Å²) >= 11 is 0. The van der Waals surface area contributed by atoms with Gasteiger partial charge in [0.2, 0.25) is 5.72 Å². The molecule has 3 aliphatic heterocycles. The zero-order valence-corrected chi connectivity index (χ0v) is 16.3. The first-order chi connectivity index (χ1) is 13.6. The Morgan fingerprint density at radius 3 is 2.61 bits per heavy atom. The van der Waals surface area contributed by atoms with Crippen LogP contribution in [0.2, 0.25) is 0 Å². The number of ether oxygens (including phenoxy) is 2. The Hall–Kier alpha value is -2.73. The molecule has 5 rings (SSSR count). The van der Waals surface area contributed by atoms with Gasteiger partial charge in [-0.05, 0) is 42.9 Å². The Morgan fingerprint density at radius 2 is 1.89 bits per heavy atom. The largest absolute Gasteiger partial charge is 0.508 e. The molecule has 0 saturated carbocycles. The molecule has 28 heavy (non-hydrogen) atoms. The van der Waals surface area contributed by atoms with Crippen molar-refractivity contribution in [2.24, 2.45) is 5.10 Å². The summed E-state index contributed by atoms with van der Waals surface area (Å²) in [6.45, 7) is 1.94. The maximum atomic E-state index is 9.63. The van der Waals surface area contributed by atoms with Gasteiger partial charge in [-0.2, -0.15) is 5.10 Å². The highest BCUT2D eigenvalue weighted by atomic mass is 16.5. The summed E-state index contributed by atoms with van der Waals surface area (Å²) in [7, 11) is 3.84. The minimum atomic E-state index is -0.447. The molecule has 2 aromatic carbocycles. The maximum absolute atomic E-state index is 9.63. The van der Waals surface area contributed by atoms with Gasteiger partial charge in [0, 0.05) is 37.9 Å². The van der Waals surface area contributed by atoms with Gasteiger partial charge in [0.1, 0.15) is 5.75 Å². The molecule has 0 amide bonds. The minimum Gasteiger partial charge on any atom is -0.508 e. The number of hydrogen-bond donors (Lipinski definition) is 1. The zero-order valence-electron chi connectivity index (χ0n) is 16.3. The number of phenolic OH excluding ortho intramolecular Hbond substituents is 1. The van der Waals surface area contributed by atoms with Crippen LogP contribution in [0.15, 0.2) is 47.6 Å². The lowest BCUT2D eigenvalue weighted by atomic mass is 9.90. The molecule has 1 atom stereocenters. The molecular weight excluding hydrogens is 354 g/mol. The van der Waals surface area contributed by atoms with Crippen LogP contribution in [-0.4, -0.2) is 53.7 Å². The van der Waals surface area contributed by atoms with E-state index in [-0.39, 0.29) is 11.8 Å². The molecule has 1 saturated heterocycles. The summed E-state index contributed by atoms with van der Waals surface area (Å²) in [5.41, 5.74) is 2.75. The number of fused-ring (bicyclic) bond motifs is 4. The van der Waals surface area contributed by atoms with Crippen LogP contribution in [0.4, 0.5) is 0 Å². The number of para-hydroxylation sites is 1. The summed E-state index contributed by atoms with van der Waals surface area (Å²) in [5.74, 6) is 1.91. The lowest BCUT2D eigenvalue weighted by Crippen LogP contribution is -2.58. The van der Waals surface area contributed by atoms with Crippen LogP contribution in [0.25, 0.3) is 0 Å². The summed E-state index contributed by atoms with van der Waals surface area (Å²) in [6.07, 6.45) is 2.60. The van der Waals surface area contributed by atoms with Gasteiger partial charge in [0.25, 0.3) is 0 Å². The zero-order chi connectivity index (χ0) is 19.3. The molecular formula is C22H25N3O3. The number of aromatic hydroxyl groups is 1. The minimum absolute atomic E-state index is 0.131. The Labute approximate surface area is 165 Å². The van der Waals surface area contributed by atoms with Crippen molar-refractivity contribution in [3.05, 3.63) is 53.6 Å². The average Bonchev–Trinajstić information content (AvgIpc) is 3.17. The van der Waals surface area contributed by atoms with E-state index in [1.807, 2.05) is 24.3 Å². The molecule has 2 aromatic rings. The third-order valence-electron chi connectivity index (χ3n) is 6.18. The quantitative estimate of drug-likeness (QED) is 0.867. The highest BCUT2D eigenvalue weighted by molar-refractivity contribution is 6.02. The first kappa shape index (κ1) is 17.4. The van der Waals surface area contributed by atoms with E-state index in [0.29, 0.717) is 0 Å². The smallest absolute Gasteiger partial charge is 0.200 e. The van der Waals surface area contributed by atoms with E-state index in [9.17, 15) is 5.11 Å². The number of phenols is 1. The van der Waals surface area contributed by atoms with E-state index < -0.39 is 5.72 Å². The van der Waals surface area contributed by atoms with Gasteiger partial charge in [0.05, 0.1) is 18.9 Å². The third-order valence-corrected chi connectivity index (χ3v) is 6.18. The van der Waals surface area contributed by atoms with Crippen LogP contribution in [0.5, 0.6) is 17.2 Å². The number of benzene rings is 2. The van der Waals surface area contributed by atoms with Crippen molar-refractivity contribution in [1.82, 2.24) is 9.91 Å². The number of nitrogens with zero attached hydrogens (tertiary/aromatic N) is 3. The van der Waals surface area contributed by atoms with Crippen LogP contribution >= 0.6 is 0 Å². The van der Waals surface area contributed by atoms with Crippen molar-refractivity contribution in [3.63, 3.8) is 0 Å². The predicted octanol–water partition coefficient (Wildman–Crippen LogP) is 3.37. The average molecular weight is 379 g/mol. The normalized spacial score (nSPS) is 23.0. The van der Waals surface area contributed by atoms with Crippen molar-refractivity contribution < 1.29 is 14.6 Å². The molecule has 1 spiro atoms. The van der Waals surface area contributed by atoms with E-state index in [0.717, 1.165) is 60.7 Å². The van der Waals surface area contributed by atoms with Crippen LogP contribution in [0, 0.1) is 0 Å². The van der Waals surface area contributed by atoms with Gasteiger partial charge < -0.3 is 19.5 Å². The summed E-state index contributed by atoms with van der Waals surface area (Å²) < 4.78 is 12.3. The van der Waals surface area contributed by atoms with Crippen LogP contribution in [0.3, 0.4) is 0 Å². The Balaban J connectivity index is 1.60. The van der Waals surface area contributed by atoms with Gasteiger partial charge in [0.15, 0.2) is 11.5 Å². The monoisotopic (exact) mass is 379 g/mol. The molecule has 0 radical (unpaired) electrons. The highest BCUT2D eigenvalue weighted by Gasteiger charge is 2.52. The van der Waals surface area contributed by atoms with Crippen LogP contribution in [-0.2, 0) is 0 Å². The molecule has 146 valence electrons. The molecule has 6 heteroatoms. The molecule has 6 nitrogen and oxygen atoms in total. The number of piperidine rings is 1. The van der Waals surface area contributed by atoms with E-state index in [1.165, 1.54) is 0 Å². The van der Waals surface area contributed by atoms with Crippen LogP contribution < -0.4 is 9.47 Å². The summed E-state index contributed by atoms with van der Waals surface area (Å²) in [5, 5.41) is 16.9. The van der Waals surface area contributed by atoms with Crippen LogP contribution in [0.1, 0.15) is 36.4 Å². The Bertz CT molecular complexity index is 917. The maximum Gasteiger partial charge on any atom is 0.200 e. The number of hydrazone groups is 1. The molecule has 0 bridgehead atoms. The van der Waals surface area contributed by atoms with Gasteiger partial charge in [-0.15, -0.1) is 0 Å². The molecule has 3 heterocycles. The third kappa shape index (κ3) is 2.63. The Kier molecular flexibility index (Phi) is 3.98. The van der Waals surface area contributed by atoms with Crippen molar-refractivity contribution >= 4 is 5.71 Å². The fourth-order valence-corrected chi connectivity index (χ4v) is 4.56. The molecule has 1 fully saturated rings. The summed E-state index contributed by atoms with van der Waals surface area (Å²) in [6, 6.07) is 13.5. The van der Waals surface area contributed by atoms with Gasteiger partial charge >= 0.3 is 0 Å². The fraction of sp³-hybridized carbons (Fsp3) is 0.409. The predicted molar refractivity (Wildman–Crippen MR) is 107 cm³/mol. The second-order valence-electron chi connectivity index (χ2n) is 7.89. The topological polar surface area (TPSA) is 57.5 Å². The molecule has 0 unspecified atom stereocenters. The molecule has 1 N–H and O–H groups in total. The van der Waals surface area contributed by atoms with Gasteiger partial charge in [-0.3, -0.25) is 0 Å². The van der Waals surface area contributed by atoms with Crippen molar-refractivity contribution in [2.75, 3.05) is 27.2 Å². The first-order valence-corrected chi connectivity index (χ1v) is 9.80. The van der Waals surface area contributed by atoms with Crippen molar-refractivity contribution in [3.8, 4) is 17.2 Å². The van der Waals surface area contributed by atoms with E-state index in [1.54, 1.807) is 19.2 Å². The molecule has 0 aliphatic carbocycles. The van der Waals surface area contributed by atoms with Gasteiger partial charge in [-0.25, -0.2) is 5.01 Å². The lowest BCUT2D eigenvalue weighted by molar-refractivity contribution is -0.148. The Morgan fingerprint density at radius 1 is 1.14 bits per heavy atom. The van der Waals surface area contributed by atoms with Crippen molar-refractivity contribution in [2.45, 2.75) is 31.0 Å². The number of rotatable bonds is 2.